The first-order valence-electron chi connectivity index (χ1n) is 8.01. The largest absolute Gasteiger partial charge is 0.466 e. The summed E-state index contributed by atoms with van der Waals surface area (Å²) in [7, 11) is 3.86. The number of hydrogen-bond acceptors (Lipinski definition) is 5. The van der Waals surface area contributed by atoms with E-state index in [-0.39, 0.29) is 12.1 Å². The second-order valence-electron chi connectivity index (χ2n) is 5.01. The van der Waals surface area contributed by atoms with Crippen LogP contribution >= 0.6 is 0 Å². The van der Waals surface area contributed by atoms with E-state index in [9.17, 15) is 4.79 Å². The summed E-state index contributed by atoms with van der Waals surface area (Å²) in [5, 5.41) is 0. The van der Waals surface area contributed by atoms with Gasteiger partial charge in [-0.2, -0.15) is 0 Å². The summed E-state index contributed by atoms with van der Waals surface area (Å²) in [6.45, 7) is 13.5. The highest BCUT2D eigenvalue weighted by Crippen LogP contribution is 2.23. The zero-order valence-corrected chi connectivity index (χ0v) is 15.2. The molecular formula is C16H35NO4. The molecule has 0 radical (unpaired) electrons. The van der Waals surface area contributed by atoms with Crippen LogP contribution in [0.25, 0.3) is 0 Å². The van der Waals surface area contributed by atoms with Gasteiger partial charge in [0.15, 0.2) is 5.79 Å². The van der Waals surface area contributed by atoms with Crippen molar-refractivity contribution in [3.63, 3.8) is 0 Å². The van der Waals surface area contributed by atoms with Crippen LogP contribution in [-0.4, -0.2) is 56.6 Å². The molecule has 1 aliphatic rings. The van der Waals surface area contributed by atoms with Gasteiger partial charge in [0, 0.05) is 13.0 Å². The van der Waals surface area contributed by atoms with Crippen molar-refractivity contribution in [2.45, 2.75) is 66.3 Å². The molecule has 0 aromatic rings. The molecule has 1 atom stereocenters. The van der Waals surface area contributed by atoms with Gasteiger partial charge in [-0.1, -0.05) is 27.7 Å². The third kappa shape index (κ3) is 12.8. The molecule has 0 aromatic heterocycles. The van der Waals surface area contributed by atoms with Crippen LogP contribution in [-0.2, 0) is 19.0 Å². The van der Waals surface area contributed by atoms with Crippen LogP contribution in [0, 0.1) is 0 Å². The van der Waals surface area contributed by atoms with Crippen molar-refractivity contribution in [1.29, 1.82) is 0 Å². The standard InChI is InChI=1S/C12H23NO4.2C2H6/c1-12(2)16-9-10(17-12)6-8-15-11(14)5-7-13(3)4;2*1-2/h10H,5-9H2,1-4H3;2*1-2H3. The first-order valence-corrected chi connectivity index (χ1v) is 8.01. The Kier molecular flexibility index (Phi) is 14.1. The Hall–Kier alpha value is -0.650. The average molecular weight is 305 g/mol. The Morgan fingerprint density at radius 3 is 2.24 bits per heavy atom. The van der Waals surface area contributed by atoms with Crippen molar-refractivity contribution in [3.05, 3.63) is 0 Å². The number of carbonyl (C=O) groups excluding carboxylic acids is 1. The van der Waals surface area contributed by atoms with Crippen LogP contribution in [0.3, 0.4) is 0 Å². The number of nitrogens with zero attached hydrogens (tertiary/aromatic N) is 1. The van der Waals surface area contributed by atoms with Gasteiger partial charge in [-0.05, 0) is 27.9 Å². The van der Waals surface area contributed by atoms with Gasteiger partial charge in [0.25, 0.3) is 0 Å². The zero-order valence-electron chi connectivity index (χ0n) is 15.2. The third-order valence-corrected chi connectivity index (χ3v) is 2.53. The smallest absolute Gasteiger partial charge is 0.307 e. The van der Waals surface area contributed by atoms with Gasteiger partial charge < -0.3 is 19.1 Å². The quantitative estimate of drug-likeness (QED) is 0.706. The van der Waals surface area contributed by atoms with Crippen LogP contribution in [0.4, 0.5) is 0 Å². The van der Waals surface area contributed by atoms with E-state index in [0.717, 1.165) is 6.54 Å². The van der Waals surface area contributed by atoms with Crippen LogP contribution in [0.2, 0.25) is 0 Å². The van der Waals surface area contributed by atoms with Crippen molar-refractivity contribution in [3.8, 4) is 0 Å². The fourth-order valence-corrected chi connectivity index (χ4v) is 1.60. The molecule has 1 rings (SSSR count). The predicted octanol–water partition coefficient (Wildman–Crippen LogP) is 3.08. The van der Waals surface area contributed by atoms with Crippen LogP contribution in [0.5, 0.6) is 0 Å². The average Bonchev–Trinajstić information content (AvgIpc) is 2.80. The van der Waals surface area contributed by atoms with E-state index in [2.05, 4.69) is 0 Å². The maximum Gasteiger partial charge on any atom is 0.307 e. The first-order chi connectivity index (χ1) is 9.89. The summed E-state index contributed by atoms with van der Waals surface area (Å²) in [4.78, 5) is 13.3. The summed E-state index contributed by atoms with van der Waals surface area (Å²) in [6, 6.07) is 0. The molecule has 1 fully saturated rings. The lowest BCUT2D eigenvalue weighted by Gasteiger charge is -2.17. The molecule has 0 aromatic carbocycles. The molecule has 1 heterocycles. The van der Waals surface area contributed by atoms with E-state index in [1.807, 2.05) is 60.5 Å². The monoisotopic (exact) mass is 305 g/mol. The minimum Gasteiger partial charge on any atom is -0.466 e. The van der Waals surface area contributed by atoms with Crippen molar-refractivity contribution >= 4 is 5.97 Å². The van der Waals surface area contributed by atoms with Gasteiger partial charge in [0.1, 0.15) is 0 Å². The van der Waals surface area contributed by atoms with Gasteiger partial charge in [-0.15, -0.1) is 0 Å². The first kappa shape index (κ1) is 22.6. The van der Waals surface area contributed by atoms with E-state index < -0.39 is 5.79 Å². The van der Waals surface area contributed by atoms with Crippen LogP contribution in [0.15, 0.2) is 0 Å². The third-order valence-electron chi connectivity index (χ3n) is 2.53. The maximum absolute atomic E-state index is 11.3. The Morgan fingerprint density at radius 2 is 1.81 bits per heavy atom. The molecule has 0 saturated carbocycles. The molecule has 0 spiro atoms. The molecule has 21 heavy (non-hydrogen) atoms. The van der Waals surface area contributed by atoms with Gasteiger partial charge >= 0.3 is 5.97 Å². The molecule has 128 valence electrons. The highest BCUT2D eigenvalue weighted by Gasteiger charge is 2.32. The Labute approximate surface area is 130 Å². The number of carbonyl (C=O) groups is 1. The van der Waals surface area contributed by atoms with Gasteiger partial charge in [-0.3, -0.25) is 4.79 Å². The van der Waals surface area contributed by atoms with E-state index in [1.54, 1.807) is 0 Å². The van der Waals surface area contributed by atoms with Crippen LogP contribution < -0.4 is 0 Å². The number of rotatable bonds is 6. The normalized spacial score (nSPS) is 19.2. The molecule has 0 aliphatic carbocycles. The summed E-state index contributed by atoms with van der Waals surface area (Å²) in [5.41, 5.74) is 0. The van der Waals surface area contributed by atoms with Crippen molar-refractivity contribution in [2.75, 3.05) is 33.9 Å². The molecule has 1 saturated heterocycles. The Balaban J connectivity index is 0. The topological polar surface area (TPSA) is 48.0 Å². The second-order valence-corrected chi connectivity index (χ2v) is 5.01. The molecule has 1 aliphatic heterocycles. The van der Waals surface area contributed by atoms with E-state index in [1.165, 1.54) is 0 Å². The lowest BCUT2D eigenvalue weighted by Crippen LogP contribution is -2.23. The fraction of sp³-hybridized carbons (Fsp3) is 0.938. The predicted molar refractivity (Wildman–Crippen MR) is 86.3 cm³/mol. The number of ether oxygens (including phenoxy) is 3. The van der Waals surface area contributed by atoms with Crippen molar-refractivity contribution < 1.29 is 19.0 Å². The molecule has 0 N–H and O–H groups in total. The van der Waals surface area contributed by atoms with E-state index in [4.69, 9.17) is 14.2 Å². The molecule has 5 nitrogen and oxygen atoms in total. The Morgan fingerprint density at radius 1 is 1.24 bits per heavy atom. The maximum atomic E-state index is 11.3. The molecule has 0 bridgehead atoms. The van der Waals surface area contributed by atoms with Crippen LogP contribution in [0.1, 0.15) is 54.4 Å². The second kappa shape index (κ2) is 13.0. The Bertz CT molecular complexity index is 255. The summed E-state index contributed by atoms with van der Waals surface area (Å²) in [5.74, 6) is -0.656. The van der Waals surface area contributed by atoms with Crippen molar-refractivity contribution in [1.82, 2.24) is 4.90 Å². The minimum absolute atomic E-state index is 0.0339. The summed E-state index contributed by atoms with van der Waals surface area (Å²) >= 11 is 0. The van der Waals surface area contributed by atoms with E-state index >= 15 is 0 Å². The van der Waals surface area contributed by atoms with E-state index in [0.29, 0.717) is 26.1 Å². The lowest BCUT2D eigenvalue weighted by atomic mass is 10.3. The lowest BCUT2D eigenvalue weighted by molar-refractivity contribution is -0.148. The van der Waals surface area contributed by atoms with Gasteiger partial charge in [-0.25, -0.2) is 0 Å². The summed E-state index contributed by atoms with van der Waals surface area (Å²) in [6.07, 6.45) is 1.16. The van der Waals surface area contributed by atoms with Crippen molar-refractivity contribution in [2.24, 2.45) is 0 Å². The highest BCUT2D eigenvalue weighted by molar-refractivity contribution is 5.69. The highest BCUT2D eigenvalue weighted by atomic mass is 16.7. The molecule has 1 unspecified atom stereocenters. The summed E-state index contributed by atoms with van der Waals surface area (Å²) < 4.78 is 16.1. The molecule has 0 amide bonds. The SMILES string of the molecule is CC.CC.CN(C)CCC(=O)OCCC1COC(C)(C)O1. The zero-order chi connectivity index (χ0) is 16.9. The number of hydrogen-bond donors (Lipinski definition) is 0. The number of esters is 1. The van der Waals surface area contributed by atoms with Gasteiger partial charge in [0.05, 0.1) is 25.7 Å². The van der Waals surface area contributed by atoms with Gasteiger partial charge in [0.2, 0.25) is 0 Å². The molecular weight excluding hydrogens is 270 g/mol. The molecule has 5 heteroatoms. The fourth-order valence-electron chi connectivity index (χ4n) is 1.60. The minimum atomic E-state index is -0.500.